The molecule has 0 amide bonds. The van der Waals surface area contributed by atoms with Crippen LogP contribution in [0.5, 0.6) is 0 Å². The number of nitrogen functional groups attached to an aromatic ring is 1. The highest BCUT2D eigenvalue weighted by Gasteiger charge is 2.08. The van der Waals surface area contributed by atoms with E-state index in [1.54, 1.807) is 0 Å². The van der Waals surface area contributed by atoms with Gasteiger partial charge in [-0.25, -0.2) is 0 Å². The molecule has 16 heavy (non-hydrogen) atoms. The molecular weight excluding hydrogens is 198 g/mol. The third-order valence-electron chi connectivity index (χ3n) is 3.01. The molecule has 1 aromatic carbocycles. The molecule has 2 heterocycles. The molecule has 0 aliphatic carbocycles. The van der Waals surface area contributed by atoms with Crippen LogP contribution >= 0.6 is 0 Å². The van der Waals surface area contributed by atoms with Gasteiger partial charge in [0.25, 0.3) is 0 Å². The minimum atomic E-state index is 0.798. The Balaban J connectivity index is 2.59. The number of pyridine rings is 1. The number of aromatic nitrogens is 2. The first-order valence-corrected chi connectivity index (χ1v) is 5.42. The largest absolute Gasteiger partial charge is 0.399 e. The smallest absolute Gasteiger partial charge is 0.0522 e. The van der Waals surface area contributed by atoms with E-state index in [1.165, 1.54) is 21.8 Å². The minimum Gasteiger partial charge on any atom is -0.399 e. The summed E-state index contributed by atoms with van der Waals surface area (Å²) in [5.74, 6) is 0. The van der Waals surface area contributed by atoms with Crippen LogP contribution in [0, 0.1) is 0 Å². The molecule has 0 radical (unpaired) electrons. The van der Waals surface area contributed by atoms with E-state index in [1.807, 2.05) is 24.5 Å². The maximum Gasteiger partial charge on any atom is 0.0522 e. The molecule has 0 bridgehead atoms. The van der Waals surface area contributed by atoms with Crippen molar-refractivity contribution in [3.8, 4) is 0 Å². The Labute approximate surface area is 93.5 Å². The number of anilines is 1. The fraction of sp³-hybridized carbons (Fsp3) is 0.154. The fourth-order valence-corrected chi connectivity index (χ4v) is 2.31. The topological polar surface area (TPSA) is 43.8 Å². The maximum absolute atomic E-state index is 5.84. The van der Waals surface area contributed by atoms with Gasteiger partial charge in [0.15, 0.2) is 0 Å². The molecule has 0 unspecified atom stereocenters. The quantitative estimate of drug-likeness (QED) is 0.629. The summed E-state index contributed by atoms with van der Waals surface area (Å²) < 4.78 is 2.28. The number of nitrogens with zero attached hydrogens (tertiary/aromatic N) is 2. The van der Waals surface area contributed by atoms with Gasteiger partial charge in [-0.05, 0) is 31.2 Å². The molecule has 3 aromatic rings. The molecule has 0 aliphatic heterocycles. The molecule has 0 saturated heterocycles. The summed E-state index contributed by atoms with van der Waals surface area (Å²) in [5, 5.41) is 2.36. The maximum atomic E-state index is 5.84. The molecule has 0 atom stereocenters. The van der Waals surface area contributed by atoms with Crippen LogP contribution in [0.2, 0.25) is 0 Å². The third kappa shape index (κ3) is 1.11. The Morgan fingerprint density at radius 2 is 2.00 bits per heavy atom. The zero-order valence-corrected chi connectivity index (χ0v) is 9.14. The lowest BCUT2D eigenvalue weighted by Gasteiger charge is -2.02. The molecule has 0 spiro atoms. The first kappa shape index (κ1) is 9.21. The van der Waals surface area contributed by atoms with E-state index in [0.29, 0.717) is 0 Å². The molecule has 3 nitrogen and oxygen atoms in total. The van der Waals surface area contributed by atoms with Crippen molar-refractivity contribution in [2.45, 2.75) is 13.5 Å². The number of aryl methyl sites for hydroxylation is 1. The van der Waals surface area contributed by atoms with E-state index >= 15 is 0 Å². The molecule has 80 valence electrons. The van der Waals surface area contributed by atoms with Gasteiger partial charge < -0.3 is 10.3 Å². The van der Waals surface area contributed by atoms with Crippen molar-refractivity contribution in [1.29, 1.82) is 0 Å². The zero-order valence-electron chi connectivity index (χ0n) is 9.14. The summed E-state index contributed by atoms with van der Waals surface area (Å²) in [6.07, 6.45) is 3.74. The van der Waals surface area contributed by atoms with Crippen LogP contribution in [0.25, 0.3) is 21.8 Å². The number of benzene rings is 1. The molecule has 2 aromatic heterocycles. The molecule has 0 fully saturated rings. The van der Waals surface area contributed by atoms with Gasteiger partial charge in [0.05, 0.1) is 5.52 Å². The van der Waals surface area contributed by atoms with Gasteiger partial charge in [-0.2, -0.15) is 0 Å². The average Bonchev–Trinajstić information content (AvgIpc) is 2.62. The van der Waals surface area contributed by atoms with Crippen molar-refractivity contribution >= 4 is 27.5 Å². The zero-order chi connectivity index (χ0) is 11.1. The summed E-state index contributed by atoms with van der Waals surface area (Å²) in [6.45, 7) is 3.10. The molecule has 0 saturated carbocycles. The normalized spacial score (nSPS) is 11.3. The van der Waals surface area contributed by atoms with E-state index in [4.69, 9.17) is 5.73 Å². The predicted molar refractivity (Wildman–Crippen MR) is 67.3 cm³/mol. The van der Waals surface area contributed by atoms with Gasteiger partial charge in [-0.3, -0.25) is 4.98 Å². The van der Waals surface area contributed by atoms with Crippen LogP contribution in [0.1, 0.15) is 6.92 Å². The van der Waals surface area contributed by atoms with Gasteiger partial charge in [0, 0.05) is 40.9 Å². The Kier molecular flexibility index (Phi) is 1.86. The minimum absolute atomic E-state index is 0.798. The monoisotopic (exact) mass is 211 g/mol. The Hall–Kier alpha value is -2.03. The van der Waals surface area contributed by atoms with Crippen LogP contribution in [0.3, 0.4) is 0 Å². The summed E-state index contributed by atoms with van der Waals surface area (Å²) >= 11 is 0. The van der Waals surface area contributed by atoms with Crippen LogP contribution in [-0.4, -0.2) is 9.55 Å². The van der Waals surface area contributed by atoms with Crippen molar-refractivity contribution < 1.29 is 0 Å². The number of fused-ring (bicyclic) bond motifs is 3. The number of rotatable bonds is 1. The molecular formula is C13H13N3. The van der Waals surface area contributed by atoms with Crippen LogP contribution in [0.4, 0.5) is 5.69 Å². The molecule has 0 aliphatic rings. The van der Waals surface area contributed by atoms with Crippen LogP contribution in [-0.2, 0) is 6.54 Å². The lowest BCUT2D eigenvalue weighted by Crippen LogP contribution is -1.93. The highest BCUT2D eigenvalue weighted by Crippen LogP contribution is 2.29. The third-order valence-corrected chi connectivity index (χ3v) is 3.01. The highest BCUT2D eigenvalue weighted by molar-refractivity contribution is 6.08. The number of nitrogens with two attached hydrogens (primary N) is 1. The SMILES string of the molecule is CCn1c2ccncc2c2cc(N)ccc21. The predicted octanol–water partition coefficient (Wildman–Crippen LogP) is 2.79. The second kappa shape index (κ2) is 3.23. The van der Waals surface area contributed by atoms with Crippen molar-refractivity contribution in [3.05, 3.63) is 36.7 Å². The summed E-state index contributed by atoms with van der Waals surface area (Å²) in [6, 6.07) is 8.09. The fourth-order valence-electron chi connectivity index (χ4n) is 2.31. The summed E-state index contributed by atoms with van der Waals surface area (Å²) in [5.41, 5.74) is 9.08. The highest BCUT2D eigenvalue weighted by atomic mass is 15.0. The van der Waals surface area contributed by atoms with Gasteiger partial charge >= 0.3 is 0 Å². The van der Waals surface area contributed by atoms with E-state index in [0.717, 1.165) is 12.2 Å². The summed E-state index contributed by atoms with van der Waals surface area (Å²) in [4.78, 5) is 4.19. The lowest BCUT2D eigenvalue weighted by molar-refractivity contribution is 0.827. The Bertz CT molecular complexity index is 667. The van der Waals surface area contributed by atoms with Crippen molar-refractivity contribution in [1.82, 2.24) is 9.55 Å². The van der Waals surface area contributed by atoms with Crippen LogP contribution < -0.4 is 5.73 Å². The Morgan fingerprint density at radius 3 is 2.81 bits per heavy atom. The first-order chi connectivity index (χ1) is 7.81. The molecule has 3 heteroatoms. The van der Waals surface area contributed by atoms with Crippen LogP contribution in [0.15, 0.2) is 36.7 Å². The first-order valence-electron chi connectivity index (χ1n) is 5.42. The second-order valence-electron chi connectivity index (χ2n) is 3.91. The van der Waals surface area contributed by atoms with E-state index < -0.39 is 0 Å². The van der Waals surface area contributed by atoms with Crippen molar-refractivity contribution in [3.63, 3.8) is 0 Å². The second-order valence-corrected chi connectivity index (χ2v) is 3.91. The summed E-state index contributed by atoms with van der Waals surface area (Å²) in [7, 11) is 0. The Morgan fingerprint density at radius 1 is 1.19 bits per heavy atom. The lowest BCUT2D eigenvalue weighted by atomic mass is 10.2. The van der Waals surface area contributed by atoms with Crippen molar-refractivity contribution in [2.24, 2.45) is 0 Å². The number of hydrogen-bond donors (Lipinski definition) is 1. The van der Waals surface area contributed by atoms with Gasteiger partial charge in [-0.15, -0.1) is 0 Å². The van der Waals surface area contributed by atoms with Gasteiger partial charge in [0.2, 0.25) is 0 Å². The molecule has 3 rings (SSSR count). The average molecular weight is 211 g/mol. The van der Waals surface area contributed by atoms with Crippen molar-refractivity contribution in [2.75, 3.05) is 5.73 Å². The van der Waals surface area contributed by atoms with E-state index in [2.05, 4.69) is 28.6 Å². The molecule has 2 N–H and O–H groups in total. The van der Waals surface area contributed by atoms with Gasteiger partial charge in [-0.1, -0.05) is 0 Å². The number of hydrogen-bond acceptors (Lipinski definition) is 2. The van der Waals surface area contributed by atoms with Gasteiger partial charge in [0.1, 0.15) is 0 Å². The van der Waals surface area contributed by atoms with E-state index in [-0.39, 0.29) is 0 Å². The standard InChI is InChI=1S/C13H13N3/c1-2-16-12-4-3-9(14)7-10(12)11-8-15-6-5-13(11)16/h3-8H,2,14H2,1H3. The van der Waals surface area contributed by atoms with E-state index in [9.17, 15) is 0 Å².